The third-order valence-electron chi connectivity index (χ3n) is 5.37. The predicted octanol–water partition coefficient (Wildman–Crippen LogP) is 2.18. The molecule has 0 spiro atoms. The fourth-order valence-corrected chi connectivity index (χ4v) is 4.18. The summed E-state index contributed by atoms with van der Waals surface area (Å²) in [5.74, 6) is 1.12. The third-order valence-corrected chi connectivity index (χ3v) is 5.37. The lowest BCUT2D eigenvalue weighted by atomic mass is 9.87. The molecule has 3 heterocycles. The highest BCUT2D eigenvalue weighted by Gasteiger charge is 2.47. The van der Waals surface area contributed by atoms with E-state index < -0.39 is 0 Å². The van der Waals surface area contributed by atoms with Crippen LogP contribution in [0.3, 0.4) is 0 Å². The Labute approximate surface area is 148 Å². The quantitative estimate of drug-likeness (QED) is 0.906. The van der Waals surface area contributed by atoms with E-state index in [0.717, 1.165) is 19.6 Å². The minimum atomic E-state index is 0. The highest BCUT2D eigenvalue weighted by Crippen LogP contribution is 2.44. The standard InChI is InChI=1S/C18H22N4O.ClH/c1-12-5-3-4-6-14(12)17-15-10-19-9-13(15)11-22(17)18(23)16-7-8-20-21(16)2;/h3-8,13,15,17,19H,9-11H2,1-2H3;1H/t13-,15-,17+;/m0./s1. The molecule has 2 aliphatic heterocycles. The summed E-state index contributed by atoms with van der Waals surface area (Å²) in [4.78, 5) is 15.2. The Kier molecular flexibility index (Phi) is 4.65. The Morgan fingerprint density at radius 1 is 1.25 bits per heavy atom. The second kappa shape index (κ2) is 6.57. The first-order chi connectivity index (χ1) is 11.2. The molecule has 5 nitrogen and oxygen atoms in total. The Balaban J connectivity index is 0.00000169. The van der Waals surface area contributed by atoms with Gasteiger partial charge >= 0.3 is 0 Å². The van der Waals surface area contributed by atoms with Gasteiger partial charge < -0.3 is 10.2 Å². The summed E-state index contributed by atoms with van der Waals surface area (Å²) in [5.41, 5.74) is 3.20. The molecule has 4 rings (SSSR count). The number of rotatable bonds is 2. The topological polar surface area (TPSA) is 50.2 Å². The Morgan fingerprint density at radius 2 is 2.04 bits per heavy atom. The van der Waals surface area contributed by atoms with Crippen LogP contribution in [-0.2, 0) is 7.05 Å². The highest BCUT2D eigenvalue weighted by atomic mass is 35.5. The number of aryl methyl sites for hydroxylation is 2. The molecule has 128 valence electrons. The lowest BCUT2D eigenvalue weighted by molar-refractivity contribution is 0.0702. The largest absolute Gasteiger partial charge is 0.330 e. The van der Waals surface area contributed by atoms with Gasteiger partial charge in [-0.2, -0.15) is 5.10 Å². The molecule has 1 aromatic heterocycles. The molecule has 2 aliphatic rings. The maximum atomic E-state index is 13.1. The summed E-state index contributed by atoms with van der Waals surface area (Å²) < 4.78 is 1.67. The molecule has 1 aromatic carbocycles. The van der Waals surface area contributed by atoms with Crippen molar-refractivity contribution >= 4 is 18.3 Å². The van der Waals surface area contributed by atoms with Gasteiger partial charge in [0.1, 0.15) is 5.69 Å². The van der Waals surface area contributed by atoms with E-state index in [0.29, 0.717) is 17.5 Å². The van der Waals surface area contributed by atoms with Crippen LogP contribution in [0.4, 0.5) is 0 Å². The van der Waals surface area contributed by atoms with E-state index in [4.69, 9.17) is 0 Å². The smallest absolute Gasteiger partial charge is 0.272 e. The van der Waals surface area contributed by atoms with Crippen LogP contribution in [0.1, 0.15) is 27.7 Å². The fraction of sp³-hybridized carbons (Fsp3) is 0.444. The zero-order valence-corrected chi connectivity index (χ0v) is 14.8. The number of carbonyl (C=O) groups excluding carboxylic acids is 1. The average molecular weight is 347 g/mol. The molecule has 0 saturated carbocycles. The van der Waals surface area contributed by atoms with Gasteiger partial charge in [-0.3, -0.25) is 9.48 Å². The fourth-order valence-electron chi connectivity index (χ4n) is 4.18. The summed E-state index contributed by atoms with van der Waals surface area (Å²) in [6.07, 6.45) is 1.69. The van der Waals surface area contributed by atoms with E-state index in [9.17, 15) is 4.79 Å². The molecular weight excluding hydrogens is 324 g/mol. The number of halogens is 1. The van der Waals surface area contributed by atoms with Crippen molar-refractivity contribution in [1.82, 2.24) is 20.0 Å². The molecule has 2 saturated heterocycles. The molecule has 6 heteroatoms. The number of nitrogens with one attached hydrogen (secondary N) is 1. The summed E-state index contributed by atoms with van der Waals surface area (Å²) in [5, 5.41) is 7.65. The van der Waals surface area contributed by atoms with E-state index in [1.807, 2.05) is 13.1 Å². The molecule has 0 aliphatic carbocycles. The normalized spacial score (nSPS) is 25.4. The Bertz CT molecular complexity index is 744. The lowest BCUT2D eigenvalue weighted by Gasteiger charge is -2.29. The minimum Gasteiger partial charge on any atom is -0.330 e. The predicted molar refractivity (Wildman–Crippen MR) is 95.3 cm³/mol. The number of hydrogen-bond donors (Lipinski definition) is 1. The van der Waals surface area contributed by atoms with Gasteiger partial charge in [-0.1, -0.05) is 24.3 Å². The number of likely N-dealkylation sites (tertiary alicyclic amines) is 1. The van der Waals surface area contributed by atoms with Crippen molar-refractivity contribution in [3.05, 3.63) is 53.3 Å². The van der Waals surface area contributed by atoms with E-state index >= 15 is 0 Å². The van der Waals surface area contributed by atoms with Gasteiger partial charge in [0.05, 0.1) is 6.04 Å². The first kappa shape index (κ1) is 17.0. The van der Waals surface area contributed by atoms with Crippen LogP contribution in [0.5, 0.6) is 0 Å². The maximum Gasteiger partial charge on any atom is 0.272 e. The Morgan fingerprint density at radius 3 is 2.75 bits per heavy atom. The van der Waals surface area contributed by atoms with E-state index in [-0.39, 0.29) is 24.4 Å². The molecule has 3 atom stereocenters. The summed E-state index contributed by atoms with van der Waals surface area (Å²) in [6.45, 7) is 4.94. The van der Waals surface area contributed by atoms with E-state index in [2.05, 4.69) is 46.5 Å². The highest BCUT2D eigenvalue weighted by molar-refractivity contribution is 5.93. The molecule has 2 aromatic rings. The maximum absolute atomic E-state index is 13.1. The van der Waals surface area contributed by atoms with Gasteiger partial charge in [0, 0.05) is 38.8 Å². The van der Waals surface area contributed by atoms with Crippen LogP contribution in [0.15, 0.2) is 36.5 Å². The van der Waals surface area contributed by atoms with Crippen LogP contribution in [0.25, 0.3) is 0 Å². The molecule has 24 heavy (non-hydrogen) atoms. The zero-order valence-electron chi connectivity index (χ0n) is 14.0. The second-order valence-corrected chi connectivity index (χ2v) is 6.68. The van der Waals surface area contributed by atoms with Gasteiger partial charge in [-0.15, -0.1) is 12.4 Å². The van der Waals surface area contributed by atoms with Crippen molar-refractivity contribution in [2.24, 2.45) is 18.9 Å². The van der Waals surface area contributed by atoms with E-state index in [1.165, 1.54) is 11.1 Å². The number of aromatic nitrogens is 2. The number of benzene rings is 1. The number of hydrogen-bond acceptors (Lipinski definition) is 3. The van der Waals surface area contributed by atoms with Crippen molar-refractivity contribution in [1.29, 1.82) is 0 Å². The third kappa shape index (κ3) is 2.62. The Hall–Kier alpha value is -1.85. The van der Waals surface area contributed by atoms with Crippen molar-refractivity contribution in [2.75, 3.05) is 19.6 Å². The van der Waals surface area contributed by atoms with Crippen molar-refractivity contribution in [3.63, 3.8) is 0 Å². The number of fused-ring (bicyclic) bond motifs is 1. The minimum absolute atomic E-state index is 0. The van der Waals surface area contributed by atoms with Gasteiger partial charge in [-0.05, 0) is 30.0 Å². The second-order valence-electron chi connectivity index (χ2n) is 6.68. The van der Waals surface area contributed by atoms with Gasteiger partial charge in [0.15, 0.2) is 0 Å². The van der Waals surface area contributed by atoms with Crippen molar-refractivity contribution < 1.29 is 4.79 Å². The summed E-state index contributed by atoms with van der Waals surface area (Å²) >= 11 is 0. The van der Waals surface area contributed by atoms with Crippen LogP contribution in [0.2, 0.25) is 0 Å². The summed E-state index contributed by atoms with van der Waals surface area (Å²) in [6, 6.07) is 10.4. The molecule has 0 radical (unpaired) electrons. The number of nitrogens with zero attached hydrogens (tertiary/aromatic N) is 3. The summed E-state index contributed by atoms with van der Waals surface area (Å²) in [7, 11) is 1.83. The number of amides is 1. The van der Waals surface area contributed by atoms with Crippen LogP contribution >= 0.6 is 12.4 Å². The van der Waals surface area contributed by atoms with Crippen molar-refractivity contribution in [2.45, 2.75) is 13.0 Å². The van der Waals surface area contributed by atoms with Crippen LogP contribution < -0.4 is 5.32 Å². The molecule has 0 unspecified atom stereocenters. The van der Waals surface area contributed by atoms with Crippen LogP contribution in [-0.4, -0.2) is 40.2 Å². The van der Waals surface area contributed by atoms with Gasteiger partial charge in [-0.25, -0.2) is 0 Å². The molecular formula is C18H23ClN4O. The lowest BCUT2D eigenvalue weighted by Crippen LogP contribution is -2.36. The van der Waals surface area contributed by atoms with Crippen LogP contribution in [0, 0.1) is 18.8 Å². The first-order valence-electron chi connectivity index (χ1n) is 8.22. The van der Waals surface area contributed by atoms with Crippen molar-refractivity contribution in [3.8, 4) is 0 Å². The van der Waals surface area contributed by atoms with Gasteiger partial charge in [0.25, 0.3) is 5.91 Å². The monoisotopic (exact) mass is 346 g/mol. The SMILES string of the molecule is Cc1ccccc1[C@@H]1[C@H]2CNC[C@H]2CN1C(=O)c1ccnn1C.Cl. The molecule has 1 N–H and O–H groups in total. The number of carbonyl (C=O) groups is 1. The first-order valence-corrected chi connectivity index (χ1v) is 8.22. The molecule has 2 fully saturated rings. The van der Waals surface area contributed by atoms with E-state index in [1.54, 1.807) is 10.9 Å². The molecule has 0 bridgehead atoms. The molecule has 1 amide bonds. The average Bonchev–Trinajstić information content (AvgIpc) is 3.22. The van der Waals surface area contributed by atoms with Gasteiger partial charge in [0.2, 0.25) is 0 Å². The zero-order chi connectivity index (χ0) is 16.0.